The second kappa shape index (κ2) is 4.98. The van der Waals surface area contributed by atoms with Crippen LogP contribution in [0.25, 0.3) is 0 Å². The first-order valence-electron chi connectivity index (χ1n) is 4.70. The number of aromatic hydroxyl groups is 1. The van der Waals surface area contributed by atoms with Gasteiger partial charge in [0.05, 0.1) is 6.61 Å². The van der Waals surface area contributed by atoms with Crippen LogP contribution in [0.3, 0.4) is 0 Å². The van der Waals surface area contributed by atoms with Gasteiger partial charge < -0.3 is 15.3 Å². The molecule has 3 N–H and O–H groups in total. The number of para-hydroxylation sites is 1. The molecule has 0 fully saturated rings. The molecule has 0 saturated heterocycles. The molecule has 0 amide bonds. The van der Waals surface area contributed by atoms with Gasteiger partial charge in [-0.3, -0.25) is 0 Å². The third-order valence-corrected chi connectivity index (χ3v) is 2.25. The van der Waals surface area contributed by atoms with Crippen molar-refractivity contribution in [2.45, 2.75) is 20.0 Å². The van der Waals surface area contributed by atoms with Crippen molar-refractivity contribution >= 4 is 0 Å². The van der Waals surface area contributed by atoms with Gasteiger partial charge in [0, 0.05) is 12.2 Å². The van der Waals surface area contributed by atoms with Crippen molar-refractivity contribution in [3.8, 4) is 5.75 Å². The van der Waals surface area contributed by atoms with Crippen molar-refractivity contribution in [3.05, 3.63) is 29.3 Å². The standard InChI is InChI=1S/C11H16O3/c1-8(6-12)5-9-3-2-4-10(7-13)11(9)14/h2-4,8,12-14H,5-7H2,1H3. The second-order valence-electron chi connectivity index (χ2n) is 3.57. The average Bonchev–Trinajstić information content (AvgIpc) is 2.21. The molecule has 1 unspecified atom stereocenters. The van der Waals surface area contributed by atoms with Crippen molar-refractivity contribution in [3.63, 3.8) is 0 Å². The third-order valence-electron chi connectivity index (χ3n) is 2.25. The summed E-state index contributed by atoms with van der Waals surface area (Å²) >= 11 is 0. The zero-order valence-electron chi connectivity index (χ0n) is 8.27. The average molecular weight is 196 g/mol. The van der Waals surface area contributed by atoms with Gasteiger partial charge in [0.1, 0.15) is 5.75 Å². The molecule has 1 rings (SSSR count). The van der Waals surface area contributed by atoms with Gasteiger partial charge >= 0.3 is 0 Å². The number of hydrogen-bond acceptors (Lipinski definition) is 3. The number of benzene rings is 1. The minimum Gasteiger partial charge on any atom is -0.507 e. The zero-order valence-corrected chi connectivity index (χ0v) is 8.27. The molecule has 14 heavy (non-hydrogen) atoms. The molecular formula is C11H16O3. The van der Waals surface area contributed by atoms with E-state index in [-0.39, 0.29) is 24.9 Å². The maximum Gasteiger partial charge on any atom is 0.124 e. The highest BCUT2D eigenvalue weighted by molar-refractivity contribution is 5.40. The molecule has 0 radical (unpaired) electrons. The van der Waals surface area contributed by atoms with Gasteiger partial charge in [-0.15, -0.1) is 0 Å². The van der Waals surface area contributed by atoms with Gasteiger partial charge in [-0.1, -0.05) is 25.1 Å². The fourth-order valence-electron chi connectivity index (χ4n) is 1.38. The summed E-state index contributed by atoms with van der Waals surface area (Å²) in [5, 5.41) is 27.5. The minimum atomic E-state index is -0.160. The van der Waals surface area contributed by atoms with Crippen LogP contribution >= 0.6 is 0 Å². The highest BCUT2D eigenvalue weighted by Crippen LogP contribution is 2.24. The van der Waals surface area contributed by atoms with Gasteiger partial charge in [-0.25, -0.2) is 0 Å². The summed E-state index contributed by atoms with van der Waals surface area (Å²) in [4.78, 5) is 0. The molecule has 0 aromatic heterocycles. The van der Waals surface area contributed by atoms with Gasteiger partial charge in [0.2, 0.25) is 0 Å². The Morgan fingerprint density at radius 3 is 2.43 bits per heavy atom. The van der Waals surface area contributed by atoms with Crippen molar-refractivity contribution < 1.29 is 15.3 Å². The molecule has 3 heteroatoms. The molecule has 0 aliphatic rings. The molecule has 1 aromatic rings. The number of aliphatic hydroxyl groups excluding tert-OH is 2. The van der Waals surface area contributed by atoms with Crippen LogP contribution in [0.15, 0.2) is 18.2 Å². The van der Waals surface area contributed by atoms with E-state index in [2.05, 4.69) is 0 Å². The zero-order chi connectivity index (χ0) is 10.6. The highest BCUT2D eigenvalue weighted by Gasteiger charge is 2.09. The van der Waals surface area contributed by atoms with Crippen LogP contribution in [0, 0.1) is 5.92 Å². The fraction of sp³-hybridized carbons (Fsp3) is 0.455. The second-order valence-corrected chi connectivity index (χ2v) is 3.57. The van der Waals surface area contributed by atoms with Gasteiger partial charge in [0.15, 0.2) is 0 Å². The normalized spacial score (nSPS) is 12.8. The van der Waals surface area contributed by atoms with Crippen molar-refractivity contribution in [2.24, 2.45) is 5.92 Å². The SMILES string of the molecule is CC(CO)Cc1cccc(CO)c1O. The Morgan fingerprint density at radius 2 is 1.86 bits per heavy atom. The van der Waals surface area contributed by atoms with Crippen molar-refractivity contribution in [1.82, 2.24) is 0 Å². The molecule has 78 valence electrons. The summed E-state index contributed by atoms with van der Waals surface area (Å²) in [5.74, 6) is 0.269. The predicted octanol–water partition coefficient (Wildman–Crippen LogP) is 1.06. The quantitative estimate of drug-likeness (QED) is 0.674. The Kier molecular flexibility index (Phi) is 3.92. The first-order valence-corrected chi connectivity index (χ1v) is 4.70. The van der Waals surface area contributed by atoms with E-state index >= 15 is 0 Å². The van der Waals surface area contributed by atoms with E-state index in [1.54, 1.807) is 18.2 Å². The lowest BCUT2D eigenvalue weighted by Crippen LogP contribution is -2.05. The van der Waals surface area contributed by atoms with E-state index in [0.29, 0.717) is 12.0 Å². The van der Waals surface area contributed by atoms with E-state index in [9.17, 15) is 5.11 Å². The molecule has 3 nitrogen and oxygen atoms in total. The molecule has 0 aliphatic heterocycles. The summed E-state index contributed by atoms with van der Waals surface area (Å²) in [7, 11) is 0. The van der Waals surface area contributed by atoms with E-state index < -0.39 is 0 Å². The monoisotopic (exact) mass is 196 g/mol. The Hall–Kier alpha value is -1.06. The maximum atomic E-state index is 9.69. The van der Waals surface area contributed by atoms with E-state index in [1.807, 2.05) is 6.92 Å². The minimum absolute atomic E-state index is 0.1000. The van der Waals surface area contributed by atoms with Gasteiger partial charge in [-0.2, -0.15) is 0 Å². The first kappa shape index (κ1) is 11.0. The molecule has 0 heterocycles. The molecule has 1 atom stereocenters. The van der Waals surface area contributed by atoms with Crippen molar-refractivity contribution in [1.29, 1.82) is 0 Å². The number of aliphatic hydroxyl groups is 2. The van der Waals surface area contributed by atoms with Crippen LogP contribution < -0.4 is 0 Å². The summed E-state index contributed by atoms with van der Waals surface area (Å²) in [6.07, 6.45) is 0.621. The van der Waals surface area contributed by atoms with Crippen LogP contribution in [0.2, 0.25) is 0 Å². The first-order chi connectivity index (χ1) is 6.69. The molecule has 0 saturated carbocycles. The lowest BCUT2D eigenvalue weighted by atomic mass is 9.99. The highest BCUT2D eigenvalue weighted by atomic mass is 16.3. The smallest absolute Gasteiger partial charge is 0.124 e. The van der Waals surface area contributed by atoms with Crippen molar-refractivity contribution in [2.75, 3.05) is 6.61 Å². The van der Waals surface area contributed by atoms with E-state index in [1.165, 1.54) is 0 Å². The fourth-order valence-corrected chi connectivity index (χ4v) is 1.38. The summed E-state index contributed by atoms with van der Waals surface area (Å²) in [5.41, 5.74) is 1.31. The molecule has 1 aromatic carbocycles. The Morgan fingerprint density at radius 1 is 1.21 bits per heavy atom. The van der Waals surface area contributed by atoms with Crippen LogP contribution in [-0.2, 0) is 13.0 Å². The Balaban J connectivity index is 2.86. The van der Waals surface area contributed by atoms with Crippen LogP contribution in [0.1, 0.15) is 18.1 Å². The van der Waals surface area contributed by atoms with Crippen LogP contribution in [-0.4, -0.2) is 21.9 Å². The molecule has 0 spiro atoms. The largest absolute Gasteiger partial charge is 0.507 e. The number of rotatable bonds is 4. The summed E-state index contributed by atoms with van der Waals surface area (Å²) in [6, 6.07) is 5.29. The van der Waals surface area contributed by atoms with Crippen LogP contribution in [0.5, 0.6) is 5.75 Å². The predicted molar refractivity (Wildman–Crippen MR) is 54.0 cm³/mol. The molecule has 0 bridgehead atoms. The number of phenols is 1. The molecular weight excluding hydrogens is 180 g/mol. The lowest BCUT2D eigenvalue weighted by Gasteiger charge is -2.11. The van der Waals surface area contributed by atoms with Gasteiger partial charge in [-0.05, 0) is 17.9 Å². The van der Waals surface area contributed by atoms with Crippen LogP contribution in [0.4, 0.5) is 0 Å². The van der Waals surface area contributed by atoms with E-state index in [4.69, 9.17) is 10.2 Å². The summed E-state index contributed by atoms with van der Waals surface area (Å²) in [6.45, 7) is 1.85. The van der Waals surface area contributed by atoms with E-state index in [0.717, 1.165) is 5.56 Å². The number of hydrogen-bond donors (Lipinski definition) is 3. The maximum absolute atomic E-state index is 9.69. The summed E-state index contributed by atoms with van der Waals surface area (Å²) < 4.78 is 0. The third kappa shape index (κ3) is 2.47. The topological polar surface area (TPSA) is 60.7 Å². The Labute approximate surface area is 83.6 Å². The van der Waals surface area contributed by atoms with Gasteiger partial charge in [0.25, 0.3) is 0 Å². The molecule has 0 aliphatic carbocycles. The lowest BCUT2D eigenvalue weighted by molar-refractivity contribution is 0.235. The Bertz CT molecular complexity index is 297.